The lowest BCUT2D eigenvalue weighted by molar-refractivity contribution is -0.151. The summed E-state index contributed by atoms with van der Waals surface area (Å²) in [6, 6.07) is 4.63. The molecule has 0 bridgehead atoms. The van der Waals surface area contributed by atoms with Gasteiger partial charge in [-0.3, -0.25) is 19.2 Å². The minimum Gasteiger partial charge on any atom is -0.454 e. The first-order valence-corrected chi connectivity index (χ1v) is 7.68. The summed E-state index contributed by atoms with van der Waals surface area (Å²) < 4.78 is 15.1. The summed E-state index contributed by atoms with van der Waals surface area (Å²) >= 11 is 0. The van der Waals surface area contributed by atoms with Gasteiger partial charge in [-0.1, -0.05) is 0 Å². The Kier molecular flexibility index (Phi) is 6.36. The maximum atomic E-state index is 12.0. The number of amides is 3. The summed E-state index contributed by atoms with van der Waals surface area (Å²) in [5.74, 6) is -1.17. The maximum absolute atomic E-state index is 12.0. The maximum Gasteiger partial charge on any atom is 0.325 e. The van der Waals surface area contributed by atoms with Crippen LogP contribution in [0.5, 0.6) is 11.5 Å². The van der Waals surface area contributed by atoms with Crippen LogP contribution in [0.2, 0.25) is 0 Å². The molecule has 0 atom stereocenters. The van der Waals surface area contributed by atoms with Crippen molar-refractivity contribution in [1.29, 1.82) is 0 Å². The molecule has 26 heavy (non-hydrogen) atoms. The lowest BCUT2D eigenvalue weighted by Crippen LogP contribution is -2.39. The zero-order valence-electron chi connectivity index (χ0n) is 14.4. The zero-order valence-corrected chi connectivity index (χ0v) is 14.4. The van der Waals surface area contributed by atoms with Gasteiger partial charge >= 0.3 is 5.97 Å². The van der Waals surface area contributed by atoms with Crippen LogP contribution >= 0.6 is 0 Å². The Bertz CT molecular complexity index is 720. The van der Waals surface area contributed by atoms with E-state index >= 15 is 0 Å². The van der Waals surface area contributed by atoms with Gasteiger partial charge in [0, 0.05) is 19.7 Å². The Morgan fingerprint density at radius 2 is 1.92 bits per heavy atom. The van der Waals surface area contributed by atoms with Crippen molar-refractivity contribution in [3.63, 3.8) is 0 Å². The van der Waals surface area contributed by atoms with Gasteiger partial charge in [0.2, 0.25) is 12.7 Å². The fraction of sp³-hybridized carbons (Fsp3) is 0.375. The van der Waals surface area contributed by atoms with Gasteiger partial charge in [0.25, 0.3) is 11.8 Å². The SMILES string of the molecule is CNC(=O)CN(C)C(=O)COC(=O)CNC(=O)c1ccc2c(c1)OCO2. The van der Waals surface area contributed by atoms with Gasteiger partial charge in [-0.05, 0) is 18.2 Å². The molecule has 0 fully saturated rings. The molecule has 1 aliphatic heterocycles. The van der Waals surface area contributed by atoms with E-state index in [0.29, 0.717) is 17.1 Å². The number of nitrogens with zero attached hydrogens (tertiary/aromatic N) is 1. The van der Waals surface area contributed by atoms with Crippen molar-refractivity contribution in [2.75, 3.05) is 40.6 Å². The zero-order chi connectivity index (χ0) is 19.1. The van der Waals surface area contributed by atoms with Crippen molar-refractivity contribution >= 4 is 23.7 Å². The molecule has 0 saturated heterocycles. The molecule has 0 aromatic heterocycles. The first kappa shape index (κ1) is 19.0. The quantitative estimate of drug-likeness (QED) is 0.588. The summed E-state index contributed by atoms with van der Waals surface area (Å²) in [7, 11) is 2.86. The van der Waals surface area contributed by atoms with Crippen LogP contribution in [0.15, 0.2) is 18.2 Å². The van der Waals surface area contributed by atoms with Crippen molar-refractivity contribution in [1.82, 2.24) is 15.5 Å². The van der Waals surface area contributed by atoms with Crippen molar-refractivity contribution < 1.29 is 33.4 Å². The summed E-state index contributed by atoms with van der Waals surface area (Å²) in [5.41, 5.74) is 0.295. The summed E-state index contributed by atoms with van der Waals surface area (Å²) in [6.07, 6.45) is 0. The van der Waals surface area contributed by atoms with Crippen LogP contribution in [0.3, 0.4) is 0 Å². The molecule has 1 aromatic rings. The number of rotatable bonds is 7. The Balaban J connectivity index is 1.73. The number of nitrogens with one attached hydrogen (secondary N) is 2. The monoisotopic (exact) mass is 365 g/mol. The van der Waals surface area contributed by atoms with Crippen LogP contribution in [-0.4, -0.2) is 69.2 Å². The summed E-state index contributed by atoms with van der Waals surface area (Å²) in [4.78, 5) is 47.7. The van der Waals surface area contributed by atoms with Gasteiger partial charge in [-0.15, -0.1) is 0 Å². The molecule has 0 aliphatic carbocycles. The van der Waals surface area contributed by atoms with Crippen LogP contribution < -0.4 is 20.1 Å². The lowest BCUT2D eigenvalue weighted by Gasteiger charge is -2.15. The molecule has 0 saturated carbocycles. The molecule has 10 nitrogen and oxygen atoms in total. The van der Waals surface area contributed by atoms with E-state index in [1.54, 1.807) is 6.07 Å². The van der Waals surface area contributed by atoms with E-state index in [2.05, 4.69) is 10.6 Å². The number of hydrogen-bond donors (Lipinski definition) is 2. The van der Waals surface area contributed by atoms with Gasteiger partial charge in [0.1, 0.15) is 6.54 Å². The van der Waals surface area contributed by atoms with Gasteiger partial charge in [0.05, 0.1) is 6.54 Å². The Labute approximate surface area is 149 Å². The molecule has 1 aliphatic rings. The van der Waals surface area contributed by atoms with E-state index in [-0.39, 0.29) is 19.2 Å². The van der Waals surface area contributed by atoms with E-state index in [0.717, 1.165) is 4.90 Å². The Morgan fingerprint density at radius 1 is 1.19 bits per heavy atom. The Morgan fingerprint density at radius 3 is 2.65 bits per heavy atom. The number of hydrogen-bond acceptors (Lipinski definition) is 7. The number of likely N-dealkylation sites (N-methyl/N-ethyl adjacent to an activating group) is 2. The van der Waals surface area contributed by atoms with E-state index in [1.165, 1.54) is 26.2 Å². The number of esters is 1. The second-order valence-corrected chi connectivity index (χ2v) is 5.33. The minimum atomic E-state index is -0.777. The lowest BCUT2D eigenvalue weighted by atomic mass is 10.2. The molecule has 1 heterocycles. The molecule has 140 valence electrons. The number of fused-ring (bicyclic) bond motifs is 1. The highest BCUT2D eigenvalue weighted by atomic mass is 16.7. The van der Waals surface area contributed by atoms with Crippen LogP contribution in [0, 0.1) is 0 Å². The summed E-state index contributed by atoms with van der Waals surface area (Å²) in [6.45, 7) is -0.977. The molecule has 0 radical (unpaired) electrons. The van der Waals surface area contributed by atoms with Crippen LogP contribution in [0.25, 0.3) is 0 Å². The van der Waals surface area contributed by atoms with Gasteiger partial charge in [0.15, 0.2) is 18.1 Å². The van der Waals surface area contributed by atoms with Crippen molar-refractivity contribution in [2.45, 2.75) is 0 Å². The highest BCUT2D eigenvalue weighted by Crippen LogP contribution is 2.32. The smallest absolute Gasteiger partial charge is 0.325 e. The molecular formula is C16H19N3O7. The molecule has 3 amide bonds. The van der Waals surface area contributed by atoms with Gasteiger partial charge < -0.3 is 29.7 Å². The highest BCUT2D eigenvalue weighted by Gasteiger charge is 2.18. The molecule has 2 N–H and O–H groups in total. The van der Waals surface area contributed by atoms with E-state index < -0.39 is 30.9 Å². The predicted molar refractivity (Wildman–Crippen MR) is 87.6 cm³/mol. The number of carbonyl (C=O) groups excluding carboxylic acids is 4. The molecular weight excluding hydrogens is 346 g/mol. The average Bonchev–Trinajstić information content (AvgIpc) is 3.11. The summed E-state index contributed by atoms with van der Waals surface area (Å²) in [5, 5.41) is 4.76. The topological polar surface area (TPSA) is 123 Å². The normalized spacial score (nSPS) is 11.5. The Hall–Kier alpha value is -3.30. The molecule has 0 spiro atoms. The van der Waals surface area contributed by atoms with Crippen molar-refractivity contribution in [3.8, 4) is 11.5 Å². The molecule has 1 aromatic carbocycles. The van der Waals surface area contributed by atoms with Crippen LogP contribution in [-0.2, 0) is 19.1 Å². The number of ether oxygens (including phenoxy) is 3. The molecule has 2 rings (SSSR count). The number of carbonyl (C=O) groups is 4. The van der Waals surface area contributed by atoms with E-state index in [1.807, 2.05) is 0 Å². The fourth-order valence-corrected chi connectivity index (χ4v) is 1.98. The highest BCUT2D eigenvalue weighted by molar-refractivity contribution is 5.96. The fourth-order valence-electron chi connectivity index (χ4n) is 1.98. The molecule has 0 unspecified atom stereocenters. The third-order valence-corrected chi connectivity index (χ3v) is 3.47. The average molecular weight is 365 g/mol. The van der Waals surface area contributed by atoms with Gasteiger partial charge in [-0.2, -0.15) is 0 Å². The minimum absolute atomic E-state index is 0.0924. The van der Waals surface area contributed by atoms with Crippen molar-refractivity contribution in [2.24, 2.45) is 0 Å². The molecule has 10 heteroatoms. The van der Waals surface area contributed by atoms with E-state index in [4.69, 9.17) is 14.2 Å². The van der Waals surface area contributed by atoms with E-state index in [9.17, 15) is 19.2 Å². The second-order valence-electron chi connectivity index (χ2n) is 5.33. The largest absolute Gasteiger partial charge is 0.454 e. The van der Waals surface area contributed by atoms with Crippen molar-refractivity contribution in [3.05, 3.63) is 23.8 Å². The first-order chi connectivity index (χ1) is 12.4. The van der Waals surface area contributed by atoms with Crippen LogP contribution in [0.4, 0.5) is 0 Å². The second kappa shape index (κ2) is 8.70. The third kappa shape index (κ3) is 5.10. The van der Waals surface area contributed by atoms with Gasteiger partial charge in [-0.25, -0.2) is 0 Å². The third-order valence-electron chi connectivity index (χ3n) is 3.47. The predicted octanol–water partition coefficient (Wildman–Crippen LogP) is -1.11. The number of benzene rings is 1. The standard InChI is InChI=1S/C16H19N3O7/c1-17-13(20)7-19(2)14(21)8-24-15(22)6-18-16(23)10-3-4-11-12(5-10)26-9-25-11/h3-5H,6-9H2,1-2H3,(H,17,20)(H,18,23). The first-order valence-electron chi connectivity index (χ1n) is 7.68. The van der Waals surface area contributed by atoms with Crippen LogP contribution in [0.1, 0.15) is 10.4 Å².